The molecule has 0 aliphatic heterocycles. The summed E-state index contributed by atoms with van der Waals surface area (Å²) in [5.74, 6) is -30.3. The molecule has 0 aliphatic rings. The number of hydrogen-bond acceptors (Lipinski definition) is 3. The summed E-state index contributed by atoms with van der Waals surface area (Å²) in [7, 11) is 0. The molecule has 140 valence electrons. The highest BCUT2D eigenvalue weighted by molar-refractivity contribution is 5.90. The molecule has 0 amide bonds. The lowest BCUT2D eigenvalue weighted by atomic mass is 9.92. The molecule has 1 N–H and O–H groups in total. The maximum Gasteiger partial charge on any atom is 0.381 e. The van der Waals surface area contributed by atoms with Crippen LogP contribution in [0.2, 0.25) is 0 Å². The molecule has 24 heavy (non-hydrogen) atoms. The van der Waals surface area contributed by atoms with Gasteiger partial charge in [-0.2, -0.15) is 35.1 Å². The van der Waals surface area contributed by atoms with E-state index in [0.29, 0.717) is 13.8 Å². The van der Waals surface area contributed by atoms with E-state index in [1.165, 1.54) is 0 Å². The second-order valence-electron chi connectivity index (χ2n) is 4.91. The number of esters is 1. The molecule has 0 unspecified atom stereocenters. The molecule has 0 spiro atoms. The van der Waals surface area contributed by atoms with E-state index >= 15 is 0 Å². The van der Waals surface area contributed by atoms with Crippen LogP contribution in [0.25, 0.3) is 0 Å². The van der Waals surface area contributed by atoms with Crippen molar-refractivity contribution in [2.75, 3.05) is 6.61 Å². The van der Waals surface area contributed by atoms with Crippen molar-refractivity contribution in [3.05, 3.63) is 12.2 Å². The summed E-state index contributed by atoms with van der Waals surface area (Å²) >= 11 is 0. The lowest BCUT2D eigenvalue weighted by Gasteiger charge is -2.38. The van der Waals surface area contributed by atoms with E-state index in [9.17, 15) is 44.7 Å². The number of carboxylic acid groups (broad SMARTS) is 1. The summed E-state index contributed by atoms with van der Waals surface area (Å²) in [6.45, 7) is -1.80. The van der Waals surface area contributed by atoms with Crippen LogP contribution in [0.4, 0.5) is 35.1 Å². The summed E-state index contributed by atoms with van der Waals surface area (Å²) in [4.78, 5) is 20.8. The van der Waals surface area contributed by atoms with Crippen molar-refractivity contribution in [3.63, 3.8) is 0 Å². The number of aliphatic carboxylic acids is 1. The van der Waals surface area contributed by atoms with Gasteiger partial charge in [0.05, 0.1) is 0 Å². The average molecular weight is 372 g/mol. The minimum absolute atomic E-state index is 0.0391. The van der Waals surface area contributed by atoms with E-state index in [0.717, 1.165) is 0 Å². The van der Waals surface area contributed by atoms with E-state index in [4.69, 9.17) is 5.11 Å². The molecule has 0 saturated carbocycles. The highest BCUT2D eigenvalue weighted by atomic mass is 19.4. The Morgan fingerprint density at radius 1 is 0.958 bits per heavy atom. The Morgan fingerprint density at radius 3 is 1.79 bits per heavy atom. The van der Waals surface area contributed by atoms with Gasteiger partial charge in [0, 0.05) is 18.1 Å². The first-order valence-electron chi connectivity index (χ1n) is 6.09. The Kier molecular flexibility index (Phi) is 6.39. The molecule has 0 atom stereocenters. The topological polar surface area (TPSA) is 63.6 Å². The Hall–Kier alpha value is -1.88. The van der Waals surface area contributed by atoms with E-state index in [1.807, 2.05) is 0 Å². The second kappa shape index (κ2) is 6.93. The van der Waals surface area contributed by atoms with Crippen molar-refractivity contribution in [1.82, 2.24) is 0 Å². The Morgan fingerprint density at radius 2 is 1.42 bits per heavy atom. The standard InChI is InChI=1S/C12H12F8O4/c1-6(2)10(15,16)12(19,20)11(17,18)9(13,14)5-24-8(23)4-3-7(21)22/h3-4,6H,5H2,1-2H3,(H,21,22). The zero-order valence-electron chi connectivity index (χ0n) is 12.1. The first-order chi connectivity index (χ1) is 10.5. The van der Waals surface area contributed by atoms with E-state index in [1.54, 1.807) is 0 Å². The predicted molar refractivity (Wildman–Crippen MR) is 62.4 cm³/mol. The Balaban J connectivity index is 5.38. The van der Waals surface area contributed by atoms with Gasteiger partial charge in [-0.3, -0.25) is 0 Å². The van der Waals surface area contributed by atoms with Crippen LogP contribution in [0.1, 0.15) is 13.8 Å². The molecule has 0 aromatic rings. The third kappa shape index (κ3) is 4.15. The number of carbonyl (C=O) groups is 2. The van der Waals surface area contributed by atoms with Crippen LogP contribution in [0.3, 0.4) is 0 Å². The van der Waals surface area contributed by atoms with Gasteiger partial charge in [-0.05, 0) is 0 Å². The number of carboxylic acids is 1. The van der Waals surface area contributed by atoms with Gasteiger partial charge in [-0.25, -0.2) is 9.59 Å². The fourth-order valence-electron chi connectivity index (χ4n) is 1.24. The summed E-state index contributed by atoms with van der Waals surface area (Å²) in [6, 6.07) is 0. The Labute approximate surface area is 130 Å². The molecular weight excluding hydrogens is 360 g/mol. The molecule has 0 rings (SSSR count). The maximum atomic E-state index is 13.3. The summed E-state index contributed by atoms with van der Waals surface area (Å²) < 4.78 is 110. The molecule has 0 heterocycles. The summed E-state index contributed by atoms with van der Waals surface area (Å²) in [5, 5.41) is 8.12. The minimum Gasteiger partial charge on any atom is -0.478 e. The van der Waals surface area contributed by atoms with Gasteiger partial charge in [-0.15, -0.1) is 0 Å². The normalized spacial score (nSPS) is 14.3. The summed E-state index contributed by atoms with van der Waals surface area (Å²) in [5.41, 5.74) is 0. The summed E-state index contributed by atoms with van der Waals surface area (Å²) in [6.07, 6.45) is 0.136. The van der Waals surface area contributed by atoms with Crippen molar-refractivity contribution in [2.24, 2.45) is 5.92 Å². The molecular formula is C12H12F8O4. The molecule has 4 nitrogen and oxygen atoms in total. The number of carbonyl (C=O) groups excluding carboxylic acids is 1. The van der Waals surface area contributed by atoms with Gasteiger partial charge in [0.25, 0.3) is 0 Å². The largest absolute Gasteiger partial charge is 0.478 e. The molecule has 0 aliphatic carbocycles. The zero-order chi connectivity index (χ0) is 19.6. The predicted octanol–water partition coefficient (Wildman–Crippen LogP) is 3.37. The van der Waals surface area contributed by atoms with Crippen molar-refractivity contribution in [3.8, 4) is 0 Å². The molecule has 0 aromatic carbocycles. The lowest BCUT2D eigenvalue weighted by Crippen LogP contribution is -2.64. The van der Waals surface area contributed by atoms with Crippen molar-refractivity contribution in [1.29, 1.82) is 0 Å². The van der Waals surface area contributed by atoms with E-state index in [2.05, 4.69) is 4.74 Å². The molecule has 12 heteroatoms. The second-order valence-corrected chi connectivity index (χ2v) is 4.91. The molecule has 0 bridgehead atoms. The number of hydrogen-bond donors (Lipinski definition) is 1. The van der Waals surface area contributed by atoms with Gasteiger partial charge < -0.3 is 9.84 Å². The van der Waals surface area contributed by atoms with Crippen LogP contribution in [-0.4, -0.2) is 47.3 Å². The third-order valence-electron chi connectivity index (χ3n) is 2.76. The lowest BCUT2D eigenvalue weighted by molar-refractivity contribution is -0.377. The van der Waals surface area contributed by atoms with Crippen molar-refractivity contribution >= 4 is 11.9 Å². The van der Waals surface area contributed by atoms with Crippen LogP contribution in [0.5, 0.6) is 0 Å². The SMILES string of the molecule is CC(C)C(F)(F)C(F)(F)C(F)(F)C(F)(F)COC(=O)C=CC(=O)O. The molecule has 0 aromatic heterocycles. The number of halogens is 8. The number of alkyl halides is 8. The maximum absolute atomic E-state index is 13.3. The van der Waals surface area contributed by atoms with Crippen LogP contribution >= 0.6 is 0 Å². The van der Waals surface area contributed by atoms with Crippen LogP contribution in [-0.2, 0) is 14.3 Å². The smallest absolute Gasteiger partial charge is 0.381 e. The van der Waals surface area contributed by atoms with Gasteiger partial charge >= 0.3 is 35.6 Å². The minimum atomic E-state index is -6.55. The third-order valence-corrected chi connectivity index (χ3v) is 2.76. The van der Waals surface area contributed by atoms with Gasteiger partial charge in [0.1, 0.15) is 0 Å². The van der Waals surface area contributed by atoms with Gasteiger partial charge in [0.2, 0.25) is 0 Å². The first-order valence-corrected chi connectivity index (χ1v) is 6.09. The van der Waals surface area contributed by atoms with Gasteiger partial charge in [-0.1, -0.05) is 13.8 Å². The highest BCUT2D eigenvalue weighted by Gasteiger charge is 2.81. The quantitative estimate of drug-likeness (QED) is 0.403. The van der Waals surface area contributed by atoms with E-state index < -0.39 is 48.2 Å². The fraction of sp³-hybridized carbons (Fsp3) is 0.667. The monoisotopic (exact) mass is 372 g/mol. The van der Waals surface area contributed by atoms with E-state index in [-0.39, 0.29) is 12.2 Å². The fourth-order valence-corrected chi connectivity index (χ4v) is 1.24. The molecule has 0 radical (unpaired) electrons. The average Bonchev–Trinajstić information content (AvgIpc) is 2.41. The first kappa shape index (κ1) is 22.1. The molecule has 0 saturated heterocycles. The Bertz CT molecular complexity index is 513. The number of rotatable bonds is 8. The van der Waals surface area contributed by atoms with Gasteiger partial charge in [0.15, 0.2) is 6.61 Å². The van der Waals surface area contributed by atoms with Crippen LogP contribution in [0.15, 0.2) is 12.2 Å². The van der Waals surface area contributed by atoms with Crippen molar-refractivity contribution in [2.45, 2.75) is 37.5 Å². The number of ether oxygens (including phenoxy) is 1. The molecule has 0 fully saturated rings. The van der Waals surface area contributed by atoms with Crippen molar-refractivity contribution < 1.29 is 54.6 Å². The highest BCUT2D eigenvalue weighted by Crippen LogP contribution is 2.54. The zero-order valence-corrected chi connectivity index (χ0v) is 12.1. The van der Waals surface area contributed by atoms with Crippen LogP contribution in [0, 0.1) is 5.92 Å². The van der Waals surface area contributed by atoms with Crippen LogP contribution < -0.4 is 0 Å².